The number of hydrogen-bond acceptors (Lipinski definition) is 6. The van der Waals surface area contributed by atoms with Crippen LogP contribution in [0.5, 0.6) is 0 Å². The summed E-state index contributed by atoms with van der Waals surface area (Å²) >= 11 is 0. The number of carbonyl (C=O) groups excluding carboxylic acids is 2. The Hall–Kier alpha value is -3.46. The molecule has 5 unspecified atom stereocenters. The fourth-order valence-corrected chi connectivity index (χ4v) is 7.65. The molecule has 1 aromatic heterocycles. The Kier molecular flexibility index (Phi) is 3.83. The van der Waals surface area contributed by atoms with Crippen LogP contribution in [0, 0.1) is 0 Å². The highest BCUT2D eigenvalue weighted by molar-refractivity contribution is 6.29. The highest BCUT2D eigenvalue weighted by Gasteiger charge is 2.52. The zero-order valence-electron chi connectivity index (χ0n) is 20.3. The predicted molar refractivity (Wildman–Crippen MR) is 135 cm³/mol. The number of ether oxygens (including phenoxy) is 3. The van der Waals surface area contributed by atoms with Crippen LogP contribution in [0.15, 0.2) is 36.5 Å². The number of imide groups is 1. The Morgan fingerprint density at radius 2 is 1.78 bits per heavy atom. The Bertz CT molecular complexity index is 1690. The smallest absolute Gasteiger partial charge is 0.264 e. The Morgan fingerprint density at radius 3 is 2.65 bits per heavy atom. The molecular formula is C29H25N3O5. The summed E-state index contributed by atoms with van der Waals surface area (Å²) in [5.41, 5.74) is 5.26. The van der Waals surface area contributed by atoms with E-state index in [0.717, 1.165) is 51.1 Å². The average Bonchev–Trinajstić information content (AvgIpc) is 3.70. The van der Waals surface area contributed by atoms with Gasteiger partial charge in [0.15, 0.2) is 6.29 Å². The van der Waals surface area contributed by atoms with Crippen molar-refractivity contribution in [2.45, 2.75) is 63.1 Å². The first-order valence-corrected chi connectivity index (χ1v) is 13.2. The van der Waals surface area contributed by atoms with Crippen molar-refractivity contribution in [2.75, 3.05) is 12.0 Å². The maximum atomic E-state index is 14.3. The minimum atomic E-state index is -0.625. The molecule has 5 aliphatic heterocycles. The quantitative estimate of drug-likeness (QED) is 0.596. The van der Waals surface area contributed by atoms with Gasteiger partial charge in [-0.2, -0.15) is 0 Å². The first-order chi connectivity index (χ1) is 18.2. The van der Waals surface area contributed by atoms with Gasteiger partial charge in [0.05, 0.1) is 28.4 Å². The maximum Gasteiger partial charge on any atom is 0.264 e. The summed E-state index contributed by atoms with van der Waals surface area (Å²) in [7, 11) is 1.59. The van der Waals surface area contributed by atoms with Crippen LogP contribution >= 0.6 is 0 Å². The molecule has 2 saturated heterocycles. The van der Waals surface area contributed by atoms with Crippen molar-refractivity contribution in [1.29, 1.82) is 0 Å². The maximum absolute atomic E-state index is 14.3. The lowest BCUT2D eigenvalue weighted by atomic mass is 9.94. The first kappa shape index (κ1) is 20.6. The minimum absolute atomic E-state index is 0.0309. The lowest BCUT2D eigenvalue weighted by Gasteiger charge is -2.32. The number of methoxy groups -OCH3 is 1. The molecule has 2 aromatic rings. The third kappa shape index (κ3) is 2.31. The summed E-state index contributed by atoms with van der Waals surface area (Å²) in [6.45, 7) is 0. The standard InChI is InChI=1S/C29H25N3O5/c1-35-21-13-12-20(37-21)32-28(33)24-22-14-6-2-4-8-16(14)30-18-10-11-19(36-18)31-17-9-5-3-7-15(17)23(25(24)29(32)34)27(31)26(22)30/h2-6,8-9,16,18-21H,7,10-13H2,1H3. The van der Waals surface area contributed by atoms with E-state index in [-0.39, 0.29) is 30.3 Å². The fourth-order valence-electron chi connectivity index (χ4n) is 7.65. The second-order valence-electron chi connectivity index (χ2n) is 10.7. The zero-order valence-corrected chi connectivity index (χ0v) is 20.3. The number of benzene rings is 1. The SMILES string of the molecule is COC1CCC(N2C(=O)c3c(c4c5c(n6c4c4c3=C3C=CC=CC3N4C3CCC6O3)=CC=CC5)C2=O)O1. The normalized spacial score (nSPS) is 31.9. The highest BCUT2D eigenvalue weighted by Crippen LogP contribution is 2.49. The van der Waals surface area contributed by atoms with Gasteiger partial charge in [-0.15, -0.1) is 0 Å². The molecule has 2 bridgehead atoms. The van der Waals surface area contributed by atoms with Crippen LogP contribution in [-0.2, 0) is 20.6 Å². The van der Waals surface area contributed by atoms with E-state index in [1.165, 1.54) is 4.90 Å². The number of fused-ring (bicyclic) bond motifs is 12. The molecule has 1 aromatic carbocycles. The van der Waals surface area contributed by atoms with E-state index in [2.05, 4.69) is 45.9 Å². The number of aromatic nitrogens is 1. The van der Waals surface area contributed by atoms with Crippen LogP contribution in [0.2, 0.25) is 0 Å². The van der Waals surface area contributed by atoms with Gasteiger partial charge >= 0.3 is 0 Å². The number of anilines is 1. The molecule has 2 aliphatic carbocycles. The van der Waals surface area contributed by atoms with Crippen molar-refractivity contribution in [3.05, 3.63) is 63.7 Å². The van der Waals surface area contributed by atoms with Crippen LogP contribution in [0.25, 0.3) is 22.6 Å². The number of nitrogens with zero attached hydrogens (tertiary/aromatic N) is 3. The molecule has 0 radical (unpaired) electrons. The second-order valence-corrected chi connectivity index (χ2v) is 10.7. The number of allylic oxidation sites excluding steroid dienone is 4. The van der Waals surface area contributed by atoms with Crippen LogP contribution in [0.1, 0.15) is 58.2 Å². The molecule has 0 N–H and O–H groups in total. The molecule has 2 fully saturated rings. The van der Waals surface area contributed by atoms with Crippen molar-refractivity contribution in [1.82, 2.24) is 9.47 Å². The van der Waals surface area contributed by atoms with Crippen molar-refractivity contribution in [2.24, 2.45) is 0 Å². The van der Waals surface area contributed by atoms with Crippen molar-refractivity contribution >= 4 is 40.1 Å². The van der Waals surface area contributed by atoms with Gasteiger partial charge in [0, 0.05) is 29.5 Å². The molecule has 37 heavy (non-hydrogen) atoms. The third-order valence-corrected chi connectivity index (χ3v) is 9.06. The Labute approximate surface area is 212 Å². The van der Waals surface area contributed by atoms with E-state index in [1.54, 1.807) is 7.11 Å². The topological polar surface area (TPSA) is 73.2 Å². The van der Waals surface area contributed by atoms with Crippen LogP contribution < -0.4 is 15.5 Å². The molecule has 0 spiro atoms. The van der Waals surface area contributed by atoms with Crippen LogP contribution in [0.4, 0.5) is 5.69 Å². The molecule has 8 nitrogen and oxygen atoms in total. The van der Waals surface area contributed by atoms with Crippen LogP contribution in [-0.4, -0.2) is 53.2 Å². The van der Waals surface area contributed by atoms with E-state index >= 15 is 0 Å². The minimum Gasteiger partial charge on any atom is -0.356 e. The molecule has 2 amide bonds. The second kappa shape index (κ2) is 6.89. The number of carbonyl (C=O) groups is 2. The third-order valence-electron chi connectivity index (χ3n) is 9.06. The molecule has 0 saturated carbocycles. The summed E-state index contributed by atoms with van der Waals surface area (Å²) in [5, 5.41) is 2.87. The zero-order chi connectivity index (χ0) is 24.6. The largest absolute Gasteiger partial charge is 0.356 e. The molecular weight excluding hydrogens is 470 g/mol. The highest BCUT2D eigenvalue weighted by atomic mass is 16.7. The van der Waals surface area contributed by atoms with Gasteiger partial charge < -0.3 is 23.7 Å². The Balaban J connectivity index is 1.43. The van der Waals surface area contributed by atoms with Crippen molar-refractivity contribution in [3.63, 3.8) is 0 Å². The molecule has 186 valence electrons. The van der Waals surface area contributed by atoms with Gasteiger partial charge in [-0.25, -0.2) is 4.90 Å². The van der Waals surface area contributed by atoms with Crippen LogP contribution in [0.3, 0.4) is 0 Å². The van der Waals surface area contributed by atoms with Crippen molar-refractivity contribution in [3.8, 4) is 0 Å². The summed E-state index contributed by atoms with van der Waals surface area (Å²) in [6.07, 6.45) is 17.2. The summed E-state index contributed by atoms with van der Waals surface area (Å²) in [6, 6.07) is -0.0309. The number of hydrogen-bond donors (Lipinski definition) is 0. The molecule has 8 heteroatoms. The summed E-state index contributed by atoms with van der Waals surface area (Å²) in [4.78, 5) is 32.2. The molecule has 6 heterocycles. The van der Waals surface area contributed by atoms with Gasteiger partial charge in [-0.05, 0) is 42.9 Å². The average molecular weight is 496 g/mol. The molecule has 5 atom stereocenters. The van der Waals surface area contributed by atoms with E-state index in [1.807, 2.05) is 6.08 Å². The fraction of sp³-hybridized carbons (Fsp3) is 0.379. The van der Waals surface area contributed by atoms with E-state index < -0.39 is 12.5 Å². The number of amides is 2. The van der Waals surface area contributed by atoms with Gasteiger partial charge in [0.25, 0.3) is 11.8 Å². The Morgan fingerprint density at radius 1 is 0.946 bits per heavy atom. The molecule has 7 aliphatic rings. The lowest BCUT2D eigenvalue weighted by molar-refractivity contribution is -0.137. The summed E-state index contributed by atoms with van der Waals surface area (Å²) < 4.78 is 20.4. The lowest BCUT2D eigenvalue weighted by Crippen LogP contribution is -2.40. The predicted octanol–water partition coefficient (Wildman–Crippen LogP) is 2.35. The van der Waals surface area contributed by atoms with E-state index in [0.29, 0.717) is 30.4 Å². The van der Waals surface area contributed by atoms with E-state index in [9.17, 15) is 9.59 Å². The summed E-state index contributed by atoms with van der Waals surface area (Å²) in [5.74, 6) is -0.529. The number of rotatable bonds is 2. The van der Waals surface area contributed by atoms with Gasteiger partial charge in [0.2, 0.25) is 0 Å². The molecule has 9 rings (SSSR count). The van der Waals surface area contributed by atoms with Gasteiger partial charge in [-0.3, -0.25) is 9.59 Å². The first-order valence-electron chi connectivity index (χ1n) is 13.2. The van der Waals surface area contributed by atoms with Crippen molar-refractivity contribution < 1.29 is 23.8 Å². The van der Waals surface area contributed by atoms with Gasteiger partial charge in [-0.1, -0.05) is 36.5 Å². The van der Waals surface area contributed by atoms with Gasteiger partial charge in [0.1, 0.15) is 18.7 Å². The monoisotopic (exact) mass is 495 g/mol. The van der Waals surface area contributed by atoms with E-state index in [4.69, 9.17) is 14.2 Å².